The Morgan fingerprint density at radius 2 is 1.72 bits per heavy atom. The summed E-state index contributed by atoms with van der Waals surface area (Å²) >= 11 is 0. The van der Waals surface area contributed by atoms with Crippen molar-refractivity contribution in [2.45, 2.75) is 31.7 Å². The summed E-state index contributed by atoms with van der Waals surface area (Å²) in [4.78, 5) is 2.35. The normalized spacial score (nSPS) is 18.1. The summed E-state index contributed by atoms with van der Waals surface area (Å²) < 4.78 is 12.8. The van der Waals surface area contributed by atoms with Crippen LogP contribution in [0.25, 0.3) is 0 Å². The van der Waals surface area contributed by atoms with Gasteiger partial charge in [-0.1, -0.05) is 18.6 Å². The van der Waals surface area contributed by atoms with E-state index in [0.717, 1.165) is 25.1 Å². The van der Waals surface area contributed by atoms with Gasteiger partial charge in [-0.3, -0.25) is 4.90 Å². The lowest BCUT2D eigenvalue weighted by Crippen LogP contribution is -2.42. The van der Waals surface area contributed by atoms with Gasteiger partial charge in [-0.2, -0.15) is 0 Å². The summed E-state index contributed by atoms with van der Waals surface area (Å²) in [5.41, 5.74) is 1.09. The monoisotopic (exact) mass is 273 g/mol. The van der Waals surface area contributed by atoms with Crippen LogP contribution < -0.4 is 0 Å². The molecule has 1 heterocycles. The Morgan fingerprint density at radius 3 is 2.28 bits per heavy atom. The van der Waals surface area contributed by atoms with Crippen molar-refractivity contribution in [2.24, 2.45) is 0 Å². The molecule has 0 spiro atoms. The van der Waals surface area contributed by atoms with Crippen molar-refractivity contribution >= 4 is 12.4 Å². The van der Waals surface area contributed by atoms with Crippen molar-refractivity contribution in [1.29, 1.82) is 0 Å². The fourth-order valence-corrected chi connectivity index (χ4v) is 2.49. The third-order valence-electron chi connectivity index (χ3n) is 3.50. The second-order valence-corrected chi connectivity index (χ2v) is 4.76. The standard InChI is InChI=1S/C14H20FNO.ClH/c15-13-6-4-12(5-7-13)10-14(11-17)16-8-2-1-3-9-16;/h4-7,14,17H,1-3,8-11H2;1H. The van der Waals surface area contributed by atoms with Crippen LogP contribution in [0.15, 0.2) is 24.3 Å². The van der Waals surface area contributed by atoms with Crippen LogP contribution in [0.3, 0.4) is 0 Å². The average molecular weight is 274 g/mol. The van der Waals surface area contributed by atoms with E-state index in [-0.39, 0.29) is 30.9 Å². The molecule has 102 valence electrons. The Morgan fingerprint density at radius 1 is 1.11 bits per heavy atom. The lowest BCUT2D eigenvalue weighted by atomic mass is 10.0. The predicted molar refractivity (Wildman–Crippen MR) is 73.6 cm³/mol. The van der Waals surface area contributed by atoms with Gasteiger partial charge in [0.25, 0.3) is 0 Å². The molecule has 0 saturated carbocycles. The quantitative estimate of drug-likeness (QED) is 0.912. The van der Waals surface area contributed by atoms with Crippen molar-refractivity contribution in [3.63, 3.8) is 0 Å². The number of aliphatic hydroxyl groups excluding tert-OH is 1. The highest BCUT2D eigenvalue weighted by atomic mass is 35.5. The van der Waals surface area contributed by atoms with E-state index in [0.29, 0.717) is 0 Å². The SMILES string of the molecule is Cl.OCC(Cc1ccc(F)cc1)N1CCCCC1. The van der Waals surface area contributed by atoms with Crippen molar-refractivity contribution in [2.75, 3.05) is 19.7 Å². The van der Waals surface area contributed by atoms with Crippen LogP contribution in [0.1, 0.15) is 24.8 Å². The van der Waals surface area contributed by atoms with Gasteiger partial charge in [0.05, 0.1) is 6.61 Å². The fourth-order valence-electron chi connectivity index (χ4n) is 2.49. The summed E-state index contributed by atoms with van der Waals surface area (Å²) in [6.07, 6.45) is 4.54. The minimum absolute atomic E-state index is 0. The van der Waals surface area contributed by atoms with Crippen LogP contribution in [0.5, 0.6) is 0 Å². The maximum absolute atomic E-state index is 12.8. The zero-order valence-corrected chi connectivity index (χ0v) is 11.3. The molecule has 0 bridgehead atoms. The van der Waals surface area contributed by atoms with E-state index in [9.17, 15) is 9.50 Å². The van der Waals surface area contributed by atoms with E-state index < -0.39 is 0 Å². The van der Waals surface area contributed by atoms with Crippen molar-refractivity contribution < 1.29 is 9.50 Å². The first-order chi connectivity index (χ1) is 8.29. The molecule has 1 saturated heterocycles. The minimum Gasteiger partial charge on any atom is -0.395 e. The first-order valence-electron chi connectivity index (χ1n) is 6.39. The zero-order chi connectivity index (χ0) is 12.1. The number of likely N-dealkylation sites (tertiary alicyclic amines) is 1. The van der Waals surface area contributed by atoms with Crippen molar-refractivity contribution in [3.8, 4) is 0 Å². The molecule has 0 radical (unpaired) electrons. The third kappa shape index (κ3) is 4.23. The second kappa shape index (κ2) is 7.72. The number of benzene rings is 1. The van der Waals surface area contributed by atoms with Crippen LogP contribution >= 0.6 is 12.4 Å². The molecule has 4 heteroatoms. The largest absolute Gasteiger partial charge is 0.395 e. The Bertz CT molecular complexity index is 338. The summed E-state index contributed by atoms with van der Waals surface area (Å²) in [6, 6.07) is 6.77. The highest BCUT2D eigenvalue weighted by Gasteiger charge is 2.19. The van der Waals surface area contributed by atoms with Crippen LogP contribution in [0.2, 0.25) is 0 Å². The summed E-state index contributed by atoms with van der Waals surface area (Å²) in [5, 5.41) is 9.48. The van der Waals surface area contributed by atoms with E-state index in [1.807, 2.05) is 12.1 Å². The molecule has 0 amide bonds. The van der Waals surface area contributed by atoms with E-state index in [1.165, 1.54) is 31.4 Å². The number of halogens is 2. The molecule has 1 aromatic rings. The lowest BCUT2D eigenvalue weighted by Gasteiger charge is -2.33. The maximum Gasteiger partial charge on any atom is 0.123 e. The maximum atomic E-state index is 12.8. The van der Waals surface area contributed by atoms with E-state index in [4.69, 9.17) is 0 Å². The van der Waals surface area contributed by atoms with Gasteiger partial charge in [-0.05, 0) is 50.0 Å². The van der Waals surface area contributed by atoms with Gasteiger partial charge in [0.2, 0.25) is 0 Å². The molecule has 18 heavy (non-hydrogen) atoms. The molecule has 0 aliphatic carbocycles. The Hall–Kier alpha value is -0.640. The van der Waals surface area contributed by atoms with E-state index in [2.05, 4.69) is 4.90 Å². The molecule has 1 fully saturated rings. The number of nitrogens with zero attached hydrogens (tertiary/aromatic N) is 1. The van der Waals surface area contributed by atoms with Crippen molar-refractivity contribution in [1.82, 2.24) is 4.90 Å². The molecule has 0 aromatic heterocycles. The van der Waals surface area contributed by atoms with Gasteiger partial charge >= 0.3 is 0 Å². The molecule has 1 atom stereocenters. The molecule has 1 aromatic carbocycles. The van der Waals surface area contributed by atoms with Gasteiger partial charge in [-0.25, -0.2) is 4.39 Å². The van der Waals surface area contributed by atoms with E-state index >= 15 is 0 Å². The summed E-state index contributed by atoms with van der Waals surface area (Å²) in [7, 11) is 0. The van der Waals surface area contributed by atoms with Gasteiger partial charge in [0.1, 0.15) is 5.82 Å². The molecule has 1 aliphatic heterocycles. The average Bonchev–Trinajstić information content (AvgIpc) is 2.39. The molecule has 1 aliphatic rings. The smallest absolute Gasteiger partial charge is 0.123 e. The molecular weight excluding hydrogens is 253 g/mol. The predicted octanol–water partition coefficient (Wildman–Crippen LogP) is 2.64. The van der Waals surface area contributed by atoms with Gasteiger partial charge in [0.15, 0.2) is 0 Å². The molecule has 2 nitrogen and oxygen atoms in total. The van der Waals surface area contributed by atoms with Gasteiger partial charge < -0.3 is 5.11 Å². The highest BCUT2D eigenvalue weighted by Crippen LogP contribution is 2.15. The topological polar surface area (TPSA) is 23.5 Å². The Labute approximate surface area is 114 Å². The molecule has 1 N–H and O–H groups in total. The van der Waals surface area contributed by atoms with Crippen LogP contribution in [0, 0.1) is 5.82 Å². The number of rotatable bonds is 4. The lowest BCUT2D eigenvalue weighted by molar-refractivity contribution is 0.104. The number of piperidine rings is 1. The summed E-state index contributed by atoms with van der Waals surface area (Å²) in [5.74, 6) is -0.202. The third-order valence-corrected chi connectivity index (χ3v) is 3.50. The second-order valence-electron chi connectivity index (χ2n) is 4.76. The highest BCUT2D eigenvalue weighted by molar-refractivity contribution is 5.85. The zero-order valence-electron chi connectivity index (χ0n) is 10.5. The minimum atomic E-state index is -0.202. The molecular formula is C14H21ClFNO. The number of aliphatic hydroxyl groups is 1. The fraction of sp³-hybridized carbons (Fsp3) is 0.571. The van der Waals surface area contributed by atoms with E-state index in [1.54, 1.807) is 0 Å². The summed E-state index contributed by atoms with van der Waals surface area (Å²) in [6.45, 7) is 2.33. The van der Waals surface area contributed by atoms with Crippen LogP contribution in [-0.2, 0) is 6.42 Å². The molecule has 2 rings (SSSR count). The van der Waals surface area contributed by atoms with Crippen LogP contribution in [-0.4, -0.2) is 35.7 Å². The van der Waals surface area contributed by atoms with Gasteiger partial charge in [0, 0.05) is 6.04 Å². The molecule has 1 unspecified atom stereocenters. The van der Waals surface area contributed by atoms with Gasteiger partial charge in [-0.15, -0.1) is 12.4 Å². The number of hydrogen-bond donors (Lipinski definition) is 1. The first-order valence-corrected chi connectivity index (χ1v) is 6.39. The Balaban J connectivity index is 0.00000162. The number of hydrogen-bond acceptors (Lipinski definition) is 2. The Kier molecular flexibility index (Phi) is 6.61. The van der Waals surface area contributed by atoms with Crippen molar-refractivity contribution in [3.05, 3.63) is 35.6 Å². The first kappa shape index (κ1) is 15.4. The van der Waals surface area contributed by atoms with Crippen LogP contribution in [0.4, 0.5) is 4.39 Å².